The number of rotatable bonds is 5. The highest BCUT2D eigenvalue weighted by atomic mass is 32.2. The van der Waals surface area contributed by atoms with Crippen LogP contribution in [0.15, 0.2) is 37.9 Å². The van der Waals surface area contributed by atoms with E-state index in [2.05, 4.69) is 19.1 Å². The molecule has 16 heteroatoms. The Morgan fingerprint density at radius 1 is 1.27 bits per heavy atom. The van der Waals surface area contributed by atoms with E-state index in [0.717, 1.165) is 17.8 Å². The van der Waals surface area contributed by atoms with Crippen LogP contribution in [0.1, 0.15) is 0 Å². The highest BCUT2D eigenvalue weighted by Crippen LogP contribution is 2.20. The second-order valence-corrected chi connectivity index (χ2v) is 12.0. The summed E-state index contributed by atoms with van der Waals surface area (Å²) in [6.07, 6.45) is 0. The standard InChI is InChI=1S/C14H18N6O5S5/c1-19-12(27-14(17-19)29(15,21)22)18-30(23,24)11-4-2-10(3-5-11)16-13(26)28-20-6-8-25-9-7-20/h2-5H,6-9H2,1H3,(H,16,26)(H2,15,21,22)/b18-12+. The van der Waals surface area contributed by atoms with Crippen LogP contribution < -0.4 is 15.3 Å². The SMILES string of the molecule is Cn1nc(S(N)(=O)=O)s/c1=N/S(=O)(=O)c1ccc(NC(=S)SN2CCOCC2)cc1. The average molecular weight is 511 g/mol. The number of nitrogens with zero attached hydrogens (tertiary/aromatic N) is 4. The van der Waals surface area contributed by atoms with Gasteiger partial charge in [-0.25, -0.2) is 22.5 Å². The molecule has 0 aliphatic carbocycles. The number of sulfonamides is 2. The zero-order valence-electron chi connectivity index (χ0n) is 15.6. The average Bonchev–Trinajstić information content (AvgIpc) is 3.03. The number of thiocarbonyl (C=S) groups is 1. The number of morpholine rings is 1. The van der Waals surface area contributed by atoms with Gasteiger partial charge >= 0.3 is 0 Å². The minimum absolute atomic E-state index is 0.0645. The second-order valence-electron chi connectivity index (χ2n) is 5.96. The maximum absolute atomic E-state index is 12.6. The number of aryl methyl sites for hydroxylation is 1. The molecule has 0 atom stereocenters. The lowest BCUT2D eigenvalue weighted by Crippen LogP contribution is -2.32. The molecule has 2 aromatic rings. The minimum atomic E-state index is -4.08. The van der Waals surface area contributed by atoms with Crippen LogP contribution in [-0.4, -0.2) is 61.5 Å². The highest BCUT2D eigenvalue weighted by molar-refractivity contribution is 8.21. The van der Waals surface area contributed by atoms with E-state index in [1.807, 2.05) is 0 Å². The summed E-state index contributed by atoms with van der Waals surface area (Å²) in [6.45, 7) is 2.85. The summed E-state index contributed by atoms with van der Waals surface area (Å²) in [5, 5.41) is 11.7. The van der Waals surface area contributed by atoms with E-state index in [9.17, 15) is 16.8 Å². The monoisotopic (exact) mass is 510 g/mol. The Labute approximate surface area is 187 Å². The summed E-state index contributed by atoms with van der Waals surface area (Å²) in [5.41, 5.74) is 0.625. The van der Waals surface area contributed by atoms with Gasteiger partial charge in [-0.05, 0) is 36.2 Å². The molecule has 1 saturated heterocycles. The van der Waals surface area contributed by atoms with E-state index in [1.165, 1.54) is 31.1 Å². The zero-order chi connectivity index (χ0) is 21.9. The van der Waals surface area contributed by atoms with Crippen LogP contribution in [0, 0.1) is 0 Å². The number of hydrogen-bond acceptors (Lipinski definition) is 10. The largest absolute Gasteiger partial charge is 0.379 e. The second kappa shape index (κ2) is 9.39. The molecular weight excluding hydrogens is 493 g/mol. The van der Waals surface area contributed by atoms with Crippen LogP contribution in [0.2, 0.25) is 0 Å². The van der Waals surface area contributed by atoms with E-state index >= 15 is 0 Å². The molecule has 1 aromatic carbocycles. The van der Waals surface area contributed by atoms with Gasteiger partial charge in [-0.1, -0.05) is 23.6 Å². The lowest BCUT2D eigenvalue weighted by atomic mass is 10.3. The van der Waals surface area contributed by atoms with E-state index in [1.54, 1.807) is 12.1 Å². The van der Waals surface area contributed by atoms with Crippen molar-refractivity contribution in [3.8, 4) is 0 Å². The van der Waals surface area contributed by atoms with Gasteiger partial charge in [0.25, 0.3) is 20.0 Å². The predicted molar refractivity (Wildman–Crippen MR) is 118 cm³/mol. The molecule has 0 amide bonds. The van der Waals surface area contributed by atoms with Gasteiger partial charge in [0.15, 0.2) is 4.32 Å². The molecule has 30 heavy (non-hydrogen) atoms. The first-order chi connectivity index (χ1) is 14.0. The number of nitrogens with two attached hydrogens (primary N) is 1. The topological polar surface area (TPSA) is 149 Å². The molecule has 1 aliphatic heterocycles. The molecule has 3 N–H and O–H groups in total. The van der Waals surface area contributed by atoms with Crippen molar-refractivity contribution in [2.45, 2.75) is 9.24 Å². The summed E-state index contributed by atoms with van der Waals surface area (Å²) in [5.74, 6) is 0. The number of aromatic nitrogens is 2. The van der Waals surface area contributed by atoms with Gasteiger partial charge < -0.3 is 10.1 Å². The van der Waals surface area contributed by atoms with Gasteiger partial charge in [0.05, 0.1) is 18.1 Å². The molecule has 3 rings (SSSR count). The van der Waals surface area contributed by atoms with E-state index in [0.29, 0.717) is 34.6 Å². The Balaban J connectivity index is 1.73. The summed E-state index contributed by atoms with van der Waals surface area (Å²) >= 11 is 7.29. The Morgan fingerprint density at radius 3 is 2.47 bits per heavy atom. The fourth-order valence-electron chi connectivity index (χ4n) is 2.28. The fraction of sp³-hybridized carbons (Fsp3) is 0.357. The zero-order valence-corrected chi connectivity index (χ0v) is 19.7. The molecule has 0 bridgehead atoms. The molecule has 0 saturated carbocycles. The van der Waals surface area contributed by atoms with Crippen molar-refractivity contribution in [2.24, 2.45) is 16.6 Å². The quantitative estimate of drug-likeness (QED) is 0.419. The van der Waals surface area contributed by atoms with Gasteiger partial charge in [-0.3, -0.25) is 0 Å². The van der Waals surface area contributed by atoms with Gasteiger partial charge in [0.2, 0.25) is 9.14 Å². The minimum Gasteiger partial charge on any atom is -0.379 e. The van der Waals surface area contributed by atoms with Crippen LogP contribution in [0.3, 0.4) is 0 Å². The molecule has 0 spiro atoms. The molecule has 1 aromatic heterocycles. The van der Waals surface area contributed by atoms with E-state index in [4.69, 9.17) is 22.1 Å². The normalized spacial score (nSPS) is 16.5. The summed E-state index contributed by atoms with van der Waals surface area (Å²) < 4.78 is 60.1. The van der Waals surface area contributed by atoms with Crippen LogP contribution in [0.4, 0.5) is 5.69 Å². The Bertz CT molecular complexity index is 1200. The summed E-state index contributed by atoms with van der Waals surface area (Å²) in [4.78, 5) is -0.185. The molecule has 0 radical (unpaired) electrons. The van der Waals surface area contributed by atoms with Crippen LogP contribution in [0.5, 0.6) is 0 Å². The predicted octanol–water partition coefficient (Wildman–Crippen LogP) is 0.0958. The van der Waals surface area contributed by atoms with E-state index < -0.39 is 24.4 Å². The Kier molecular flexibility index (Phi) is 7.28. The van der Waals surface area contributed by atoms with Crippen molar-refractivity contribution in [1.82, 2.24) is 14.1 Å². The first-order valence-electron chi connectivity index (χ1n) is 8.34. The van der Waals surface area contributed by atoms with Crippen LogP contribution >= 0.6 is 35.5 Å². The van der Waals surface area contributed by atoms with Gasteiger partial charge in [-0.15, -0.1) is 9.50 Å². The molecule has 0 unspecified atom stereocenters. The van der Waals surface area contributed by atoms with Crippen LogP contribution in [0.25, 0.3) is 0 Å². The third-order valence-electron chi connectivity index (χ3n) is 3.71. The molecule has 1 aliphatic rings. The highest BCUT2D eigenvalue weighted by Gasteiger charge is 2.18. The van der Waals surface area contributed by atoms with Gasteiger partial charge in [-0.2, -0.15) is 8.42 Å². The van der Waals surface area contributed by atoms with Gasteiger partial charge in [0, 0.05) is 25.8 Å². The number of hydrogen-bond donors (Lipinski definition) is 2. The maximum Gasteiger partial charge on any atom is 0.285 e. The van der Waals surface area contributed by atoms with Crippen molar-refractivity contribution in [1.29, 1.82) is 0 Å². The van der Waals surface area contributed by atoms with Crippen molar-refractivity contribution in [3.05, 3.63) is 29.1 Å². The number of anilines is 1. The van der Waals surface area contributed by atoms with Crippen molar-refractivity contribution in [2.75, 3.05) is 31.6 Å². The number of primary sulfonamides is 1. The number of nitrogens with one attached hydrogen (secondary N) is 1. The fourth-order valence-corrected chi connectivity index (χ4v) is 6.22. The third-order valence-corrected chi connectivity index (χ3v) is 8.63. The lowest BCUT2D eigenvalue weighted by molar-refractivity contribution is 0.0778. The Hall–Kier alpha value is -1.40. The third kappa shape index (κ3) is 6.07. The molecular formula is C14H18N6O5S5. The number of ether oxygens (including phenoxy) is 1. The molecule has 2 heterocycles. The van der Waals surface area contributed by atoms with Gasteiger partial charge in [0.1, 0.15) is 0 Å². The number of benzene rings is 1. The lowest BCUT2D eigenvalue weighted by Gasteiger charge is -2.25. The molecule has 164 valence electrons. The summed E-state index contributed by atoms with van der Waals surface area (Å²) in [7, 11) is -6.76. The maximum atomic E-state index is 12.6. The first-order valence-corrected chi connectivity index (χ1v) is 13.3. The summed E-state index contributed by atoms with van der Waals surface area (Å²) in [6, 6.07) is 5.89. The first kappa shape index (κ1) is 23.3. The van der Waals surface area contributed by atoms with Crippen molar-refractivity contribution >= 4 is 65.6 Å². The smallest absolute Gasteiger partial charge is 0.285 e. The molecule has 1 fully saturated rings. The van der Waals surface area contributed by atoms with Crippen molar-refractivity contribution < 1.29 is 21.6 Å². The van der Waals surface area contributed by atoms with Crippen molar-refractivity contribution in [3.63, 3.8) is 0 Å². The van der Waals surface area contributed by atoms with E-state index in [-0.39, 0.29) is 9.70 Å². The Morgan fingerprint density at radius 2 is 1.90 bits per heavy atom. The van der Waals surface area contributed by atoms with Crippen LogP contribution in [-0.2, 0) is 31.8 Å². The molecule has 11 nitrogen and oxygen atoms in total.